The number of hydrogen-bond donors (Lipinski definition) is 1. The predicted molar refractivity (Wildman–Crippen MR) is 95.7 cm³/mol. The lowest BCUT2D eigenvalue weighted by Gasteiger charge is -2.09. The number of hydrogen-bond acceptors (Lipinski definition) is 3. The fraction of sp³-hybridized carbons (Fsp3) is 0.200. The van der Waals surface area contributed by atoms with Crippen LogP contribution in [0.3, 0.4) is 0 Å². The number of benzene rings is 2. The Hall–Kier alpha value is -2.88. The first-order chi connectivity index (χ1) is 11.5. The Bertz CT molecular complexity index is 778. The van der Waals surface area contributed by atoms with Crippen molar-refractivity contribution in [2.24, 2.45) is 0 Å². The molecule has 4 nitrogen and oxygen atoms in total. The zero-order valence-electron chi connectivity index (χ0n) is 14.1. The van der Waals surface area contributed by atoms with Crippen molar-refractivity contribution in [1.82, 2.24) is 0 Å². The Morgan fingerprint density at radius 3 is 2.54 bits per heavy atom. The molecule has 4 heteroatoms. The van der Waals surface area contributed by atoms with E-state index in [1.807, 2.05) is 63.2 Å². The molecule has 24 heavy (non-hydrogen) atoms. The average Bonchev–Trinajstić information content (AvgIpc) is 2.55. The summed E-state index contributed by atoms with van der Waals surface area (Å²) in [5, 5.41) is 2.75. The lowest BCUT2D eigenvalue weighted by molar-refractivity contribution is -0.142. The van der Waals surface area contributed by atoms with Gasteiger partial charge in [0.2, 0.25) is 0 Å². The second kappa shape index (κ2) is 8.11. The van der Waals surface area contributed by atoms with Crippen molar-refractivity contribution in [3.63, 3.8) is 0 Å². The average molecular weight is 323 g/mol. The fourth-order valence-electron chi connectivity index (χ4n) is 2.17. The Kier molecular flexibility index (Phi) is 5.90. The molecule has 0 aromatic heterocycles. The van der Waals surface area contributed by atoms with Crippen LogP contribution in [0.5, 0.6) is 0 Å². The molecule has 0 aliphatic heterocycles. The maximum atomic E-state index is 11.9. The predicted octanol–water partition coefficient (Wildman–Crippen LogP) is 3.81. The number of aryl methyl sites for hydroxylation is 3. The zero-order valence-corrected chi connectivity index (χ0v) is 14.1. The third kappa shape index (κ3) is 5.09. The van der Waals surface area contributed by atoms with E-state index in [1.54, 1.807) is 6.08 Å². The summed E-state index contributed by atoms with van der Waals surface area (Å²) in [6.45, 7) is 5.50. The van der Waals surface area contributed by atoms with E-state index >= 15 is 0 Å². The lowest BCUT2D eigenvalue weighted by Crippen LogP contribution is -2.20. The molecule has 1 amide bonds. The molecule has 1 N–H and O–H groups in total. The minimum atomic E-state index is -0.547. The van der Waals surface area contributed by atoms with Gasteiger partial charge >= 0.3 is 5.97 Å². The highest BCUT2D eigenvalue weighted by atomic mass is 16.5. The van der Waals surface area contributed by atoms with Crippen LogP contribution in [0, 0.1) is 20.8 Å². The van der Waals surface area contributed by atoms with Gasteiger partial charge < -0.3 is 10.1 Å². The molecule has 2 rings (SSSR count). The summed E-state index contributed by atoms with van der Waals surface area (Å²) >= 11 is 0. The summed E-state index contributed by atoms with van der Waals surface area (Å²) in [5.74, 6) is -0.907. The fourth-order valence-corrected chi connectivity index (χ4v) is 2.17. The summed E-state index contributed by atoms with van der Waals surface area (Å²) < 4.78 is 4.97. The van der Waals surface area contributed by atoms with Crippen LogP contribution in [0.4, 0.5) is 5.69 Å². The SMILES string of the molecule is Cc1ccc(C)c(NC(=O)COC(=O)/C=C/c2ccccc2C)c1. The number of amides is 1. The third-order valence-corrected chi connectivity index (χ3v) is 3.60. The first kappa shape index (κ1) is 17.5. The van der Waals surface area contributed by atoms with Crippen LogP contribution in [-0.4, -0.2) is 18.5 Å². The summed E-state index contributed by atoms with van der Waals surface area (Å²) in [6.07, 6.45) is 3.01. The van der Waals surface area contributed by atoms with Crippen LogP contribution < -0.4 is 5.32 Å². The molecule has 124 valence electrons. The van der Waals surface area contributed by atoms with Gasteiger partial charge in [-0.1, -0.05) is 36.4 Å². The van der Waals surface area contributed by atoms with Gasteiger partial charge in [-0.2, -0.15) is 0 Å². The number of rotatable bonds is 5. The van der Waals surface area contributed by atoms with Crippen LogP contribution >= 0.6 is 0 Å². The van der Waals surface area contributed by atoms with Gasteiger partial charge in [-0.3, -0.25) is 4.79 Å². The molecule has 2 aromatic rings. The van der Waals surface area contributed by atoms with Crippen LogP contribution in [0.2, 0.25) is 0 Å². The van der Waals surface area contributed by atoms with Gasteiger partial charge in [-0.25, -0.2) is 4.79 Å². The standard InChI is InChI=1S/C20H21NO3/c1-14-8-9-16(3)18(12-14)21-19(22)13-24-20(23)11-10-17-7-5-4-6-15(17)2/h4-12H,13H2,1-3H3,(H,21,22)/b11-10+. The molecule has 0 atom stereocenters. The number of anilines is 1. The molecule has 2 aromatic carbocycles. The molecule has 0 radical (unpaired) electrons. The van der Waals surface area contributed by atoms with Crippen molar-refractivity contribution in [2.45, 2.75) is 20.8 Å². The summed E-state index contributed by atoms with van der Waals surface area (Å²) in [5.41, 5.74) is 4.74. The first-order valence-corrected chi connectivity index (χ1v) is 7.73. The monoisotopic (exact) mass is 323 g/mol. The highest BCUT2D eigenvalue weighted by Gasteiger charge is 2.07. The van der Waals surface area contributed by atoms with Crippen molar-refractivity contribution in [3.05, 3.63) is 70.8 Å². The molecule has 0 saturated carbocycles. The molecule has 0 spiro atoms. The Morgan fingerprint density at radius 1 is 1.04 bits per heavy atom. The molecule has 0 fully saturated rings. The van der Waals surface area contributed by atoms with Crippen LogP contribution in [-0.2, 0) is 14.3 Å². The zero-order chi connectivity index (χ0) is 17.5. The summed E-state index contributed by atoms with van der Waals surface area (Å²) in [6, 6.07) is 13.5. The van der Waals surface area contributed by atoms with Crippen LogP contribution in [0.15, 0.2) is 48.5 Å². The molecular weight excluding hydrogens is 302 g/mol. The van der Waals surface area contributed by atoms with E-state index in [-0.39, 0.29) is 12.5 Å². The van der Waals surface area contributed by atoms with Crippen molar-refractivity contribution in [2.75, 3.05) is 11.9 Å². The highest BCUT2D eigenvalue weighted by molar-refractivity contribution is 5.95. The Labute approximate surface area is 142 Å². The smallest absolute Gasteiger partial charge is 0.331 e. The quantitative estimate of drug-likeness (QED) is 0.672. The number of carbonyl (C=O) groups is 2. The summed E-state index contributed by atoms with van der Waals surface area (Å²) in [7, 11) is 0. The van der Waals surface area contributed by atoms with Crippen molar-refractivity contribution >= 4 is 23.6 Å². The van der Waals surface area contributed by atoms with Crippen LogP contribution in [0.25, 0.3) is 6.08 Å². The van der Waals surface area contributed by atoms with E-state index in [2.05, 4.69) is 5.32 Å². The molecule has 0 heterocycles. The van der Waals surface area contributed by atoms with E-state index in [9.17, 15) is 9.59 Å². The van der Waals surface area contributed by atoms with Crippen molar-refractivity contribution in [3.8, 4) is 0 Å². The number of esters is 1. The second-order valence-electron chi connectivity index (χ2n) is 5.66. The lowest BCUT2D eigenvalue weighted by atomic mass is 10.1. The number of ether oxygens (including phenoxy) is 1. The van der Waals surface area contributed by atoms with Crippen molar-refractivity contribution in [1.29, 1.82) is 0 Å². The summed E-state index contributed by atoms with van der Waals surface area (Å²) in [4.78, 5) is 23.6. The normalized spacial score (nSPS) is 10.6. The molecule has 0 unspecified atom stereocenters. The maximum absolute atomic E-state index is 11.9. The van der Waals surface area contributed by atoms with E-state index in [4.69, 9.17) is 4.74 Å². The van der Waals surface area contributed by atoms with E-state index in [1.165, 1.54) is 6.08 Å². The topological polar surface area (TPSA) is 55.4 Å². The Balaban J connectivity index is 1.86. The second-order valence-corrected chi connectivity index (χ2v) is 5.66. The van der Waals surface area contributed by atoms with E-state index in [0.717, 1.165) is 27.9 Å². The maximum Gasteiger partial charge on any atom is 0.331 e. The number of nitrogens with one attached hydrogen (secondary N) is 1. The third-order valence-electron chi connectivity index (χ3n) is 3.60. The number of carbonyl (C=O) groups excluding carboxylic acids is 2. The van der Waals surface area contributed by atoms with Gasteiger partial charge in [0.25, 0.3) is 5.91 Å². The minimum Gasteiger partial charge on any atom is -0.452 e. The molecule has 0 aliphatic rings. The molecular formula is C20H21NO3. The van der Waals surface area contributed by atoms with Gasteiger partial charge in [-0.15, -0.1) is 0 Å². The van der Waals surface area contributed by atoms with Gasteiger partial charge in [-0.05, 0) is 55.2 Å². The van der Waals surface area contributed by atoms with E-state index < -0.39 is 5.97 Å². The van der Waals surface area contributed by atoms with Gasteiger partial charge in [0.15, 0.2) is 6.61 Å². The molecule has 0 saturated heterocycles. The molecule has 0 bridgehead atoms. The van der Waals surface area contributed by atoms with Crippen molar-refractivity contribution < 1.29 is 14.3 Å². The van der Waals surface area contributed by atoms with E-state index in [0.29, 0.717) is 0 Å². The van der Waals surface area contributed by atoms with Gasteiger partial charge in [0.1, 0.15) is 0 Å². The highest BCUT2D eigenvalue weighted by Crippen LogP contribution is 2.16. The van der Waals surface area contributed by atoms with Crippen LogP contribution in [0.1, 0.15) is 22.3 Å². The van der Waals surface area contributed by atoms with Gasteiger partial charge in [0, 0.05) is 11.8 Å². The first-order valence-electron chi connectivity index (χ1n) is 7.73. The molecule has 0 aliphatic carbocycles. The minimum absolute atomic E-state index is 0.315. The van der Waals surface area contributed by atoms with Gasteiger partial charge in [0.05, 0.1) is 0 Å². The Morgan fingerprint density at radius 2 is 1.79 bits per heavy atom. The largest absolute Gasteiger partial charge is 0.452 e.